The third-order valence-electron chi connectivity index (χ3n) is 6.05. The van der Waals surface area contributed by atoms with E-state index < -0.39 is 0 Å². The fourth-order valence-corrected chi connectivity index (χ4v) is 4.65. The predicted molar refractivity (Wildman–Crippen MR) is 95.6 cm³/mol. The molecule has 0 spiro atoms. The van der Waals surface area contributed by atoms with Crippen molar-refractivity contribution in [3.63, 3.8) is 0 Å². The molecule has 5 rings (SSSR count). The third kappa shape index (κ3) is 3.36. The third-order valence-corrected chi connectivity index (χ3v) is 6.05. The average Bonchev–Trinajstić information content (AvgIpc) is 3.04. The van der Waals surface area contributed by atoms with Gasteiger partial charge in [-0.15, -0.1) is 0 Å². The molecule has 1 amide bonds. The molecule has 1 aromatic rings. The van der Waals surface area contributed by atoms with Crippen LogP contribution in [0.1, 0.15) is 50.1 Å². The molecule has 2 bridgehead atoms. The van der Waals surface area contributed by atoms with E-state index in [-0.39, 0.29) is 17.9 Å². The highest BCUT2D eigenvalue weighted by molar-refractivity contribution is 5.81. The topological polar surface area (TPSA) is 58.6 Å². The van der Waals surface area contributed by atoms with Gasteiger partial charge in [-0.3, -0.25) is 4.79 Å². The molecule has 3 aliphatic heterocycles. The first-order valence-electron chi connectivity index (χ1n) is 9.63. The van der Waals surface area contributed by atoms with Crippen LogP contribution in [0.2, 0.25) is 0 Å². The number of piperidine rings is 1. The molecule has 0 unspecified atom stereocenters. The molecule has 6 nitrogen and oxygen atoms in total. The molecule has 3 saturated heterocycles. The van der Waals surface area contributed by atoms with Gasteiger partial charge in [0, 0.05) is 50.6 Å². The number of anilines is 1. The first-order chi connectivity index (χ1) is 12.3. The van der Waals surface area contributed by atoms with E-state index in [9.17, 15) is 4.79 Å². The number of carbonyl (C=O) groups is 1. The second-order valence-corrected chi connectivity index (χ2v) is 7.62. The van der Waals surface area contributed by atoms with Gasteiger partial charge in [-0.25, -0.2) is 9.97 Å². The number of methoxy groups -OCH3 is 1. The molecular formula is C19H28N4O2. The maximum Gasteiger partial charge on any atom is 0.227 e. The van der Waals surface area contributed by atoms with Gasteiger partial charge in [0.25, 0.3) is 0 Å². The van der Waals surface area contributed by atoms with E-state index in [1.807, 2.05) is 11.1 Å². The molecule has 25 heavy (non-hydrogen) atoms. The Kier molecular flexibility index (Phi) is 4.88. The summed E-state index contributed by atoms with van der Waals surface area (Å²) in [6, 6.07) is 2.32. The summed E-state index contributed by atoms with van der Waals surface area (Å²) in [4.78, 5) is 26.5. The highest BCUT2D eigenvalue weighted by Crippen LogP contribution is 2.34. The lowest BCUT2D eigenvalue weighted by Crippen LogP contribution is -2.49. The van der Waals surface area contributed by atoms with E-state index in [1.165, 1.54) is 31.4 Å². The molecular weight excluding hydrogens is 316 g/mol. The quantitative estimate of drug-likeness (QED) is 0.820. The van der Waals surface area contributed by atoms with Crippen molar-refractivity contribution in [3.8, 4) is 0 Å². The number of hydrogen-bond acceptors (Lipinski definition) is 5. The Balaban J connectivity index is 1.54. The van der Waals surface area contributed by atoms with E-state index >= 15 is 0 Å². The van der Waals surface area contributed by atoms with Crippen molar-refractivity contribution in [2.24, 2.45) is 5.92 Å². The number of nitrogens with zero attached hydrogens (tertiary/aromatic N) is 4. The molecule has 6 heteroatoms. The zero-order valence-corrected chi connectivity index (χ0v) is 15.1. The summed E-state index contributed by atoms with van der Waals surface area (Å²) in [6.07, 6.45) is 9.04. The molecule has 1 aromatic heterocycles. The maximum absolute atomic E-state index is 12.8. The average molecular weight is 344 g/mol. The summed E-state index contributed by atoms with van der Waals surface area (Å²) in [5.41, 5.74) is 1.18. The lowest BCUT2D eigenvalue weighted by Gasteiger charge is -2.35. The lowest BCUT2D eigenvalue weighted by molar-refractivity contribution is -0.140. The molecule has 2 atom stereocenters. The second kappa shape index (κ2) is 7.28. The molecule has 4 fully saturated rings. The van der Waals surface area contributed by atoms with Crippen molar-refractivity contribution in [1.82, 2.24) is 14.9 Å². The maximum atomic E-state index is 12.8. The first-order valence-corrected chi connectivity index (χ1v) is 9.63. The highest BCUT2D eigenvalue weighted by atomic mass is 16.5. The standard InChI is InChI=1S/C19H28N4O2/c1-25-11-10-23-16-7-6-15(18(23)24)12-22(13-16)19-20-9-8-17(21-19)14-4-2-3-5-14/h8-9,14-16H,2-7,10-13H2,1H3/t15-,16+/m1/s1. The van der Waals surface area contributed by atoms with E-state index in [1.54, 1.807) is 7.11 Å². The number of rotatable bonds is 5. The van der Waals surface area contributed by atoms with Crippen molar-refractivity contribution < 1.29 is 9.53 Å². The van der Waals surface area contributed by atoms with Gasteiger partial charge in [0.05, 0.1) is 12.5 Å². The van der Waals surface area contributed by atoms with Gasteiger partial charge in [-0.2, -0.15) is 0 Å². The number of aromatic nitrogens is 2. The Morgan fingerprint density at radius 2 is 2.00 bits per heavy atom. The number of hydrogen-bond donors (Lipinski definition) is 0. The summed E-state index contributed by atoms with van der Waals surface area (Å²) in [5.74, 6) is 1.74. The Morgan fingerprint density at radius 3 is 2.80 bits per heavy atom. The van der Waals surface area contributed by atoms with Crippen LogP contribution in [0.4, 0.5) is 5.95 Å². The molecule has 0 aromatic carbocycles. The summed E-state index contributed by atoms with van der Waals surface area (Å²) < 4.78 is 5.19. The SMILES string of the molecule is COCCN1C(=O)[C@@H]2CC[C@H]1CN(c1nccc(C3CCCC3)n1)C2. The zero-order valence-electron chi connectivity index (χ0n) is 15.1. The van der Waals surface area contributed by atoms with Crippen molar-refractivity contribution in [2.75, 3.05) is 38.3 Å². The Hall–Kier alpha value is -1.69. The van der Waals surface area contributed by atoms with E-state index in [0.29, 0.717) is 19.1 Å². The van der Waals surface area contributed by atoms with E-state index in [0.717, 1.165) is 31.9 Å². The smallest absolute Gasteiger partial charge is 0.227 e. The van der Waals surface area contributed by atoms with Crippen LogP contribution in [0.25, 0.3) is 0 Å². The van der Waals surface area contributed by atoms with Gasteiger partial charge in [0.1, 0.15) is 0 Å². The zero-order chi connectivity index (χ0) is 17.2. The van der Waals surface area contributed by atoms with Crippen LogP contribution in [-0.4, -0.2) is 60.2 Å². The minimum absolute atomic E-state index is 0.0642. The van der Waals surface area contributed by atoms with E-state index in [4.69, 9.17) is 9.72 Å². The monoisotopic (exact) mass is 344 g/mol. The lowest BCUT2D eigenvalue weighted by atomic mass is 9.94. The van der Waals surface area contributed by atoms with Gasteiger partial charge in [0.2, 0.25) is 11.9 Å². The molecule has 0 radical (unpaired) electrons. The Bertz CT molecular complexity index is 617. The Labute approximate surface area is 149 Å². The fraction of sp³-hybridized carbons (Fsp3) is 0.737. The van der Waals surface area contributed by atoms with Crippen molar-refractivity contribution in [3.05, 3.63) is 18.0 Å². The molecule has 1 saturated carbocycles. The number of ether oxygens (including phenoxy) is 1. The minimum atomic E-state index is 0.0642. The van der Waals surface area contributed by atoms with Gasteiger partial charge in [0.15, 0.2) is 0 Å². The number of fused-ring (bicyclic) bond motifs is 4. The number of carbonyl (C=O) groups excluding carboxylic acids is 1. The summed E-state index contributed by atoms with van der Waals surface area (Å²) in [7, 11) is 1.69. The van der Waals surface area contributed by atoms with Crippen LogP contribution < -0.4 is 4.90 Å². The van der Waals surface area contributed by atoms with Gasteiger partial charge < -0.3 is 14.5 Å². The summed E-state index contributed by atoms with van der Waals surface area (Å²) >= 11 is 0. The van der Waals surface area contributed by atoms with Crippen LogP contribution in [-0.2, 0) is 9.53 Å². The largest absolute Gasteiger partial charge is 0.383 e. The highest BCUT2D eigenvalue weighted by Gasteiger charge is 2.41. The molecule has 4 heterocycles. The van der Waals surface area contributed by atoms with Crippen LogP contribution in [0, 0.1) is 5.92 Å². The minimum Gasteiger partial charge on any atom is -0.383 e. The first kappa shape index (κ1) is 16.8. The molecule has 0 N–H and O–H groups in total. The van der Waals surface area contributed by atoms with E-state index in [2.05, 4.69) is 16.0 Å². The second-order valence-electron chi connectivity index (χ2n) is 7.62. The fourth-order valence-electron chi connectivity index (χ4n) is 4.65. The van der Waals surface area contributed by atoms with Crippen LogP contribution >= 0.6 is 0 Å². The van der Waals surface area contributed by atoms with Crippen molar-refractivity contribution in [1.29, 1.82) is 0 Å². The van der Waals surface area contributed by atoms with Crippen LogP contribution in [0.3, 0.4) is 0 Å². The van der Waals surface area contributed by atoms with Crippen molar-refractivity contribution >= 4 is 11.9 Å². The normalized spacial score (nSPS) is 27.2. The van der Waals surface area contributed by atoms with Crippen molar-refractivity contribution in [2.45, 2.75) is 50.5 Å². The predicted octanol–water partition coefficient (Wildman–Crippen LogP) is 2.21. The summed E-state index contributed by atoms with van der Waals surface area (Å²) in [6.45, 7) is 2.86. The number of amides is 1. The Morgan fingerprint density at radius 1 is 1.16 bits per heavy atom. The van der Waals surface area contributed by atoms with Gasteiger partial charge >= 0.3 is 0 Å². The van der Waals surface area contributed by atoms with Crippen LogP contribution in [0.15, 0.2) is 12.3 Å². The van der Waals surface area contributed by atoms with Crippen LogP contribution in [0.5, 0.6) is 0 Å². The molecule has 1 aliphatic carbocycles. The van der Waals surface area contributed by atoms with Gasteiger partial charge in [-0.05, 0) is 31.7 Å². The molecule has 136 valence electrons. The van der Waals surface area contributed by atoms with Gasteiger partial charge in [-0.1, -0.05) is 12.8 Å². The molecule has 4 aliphatic rings. The summed E-state index contributed by atoms with van der Waals surface area (Å²) in [5, 5.41) is 0.